The lowest BCUT2D eigenvalue weighted by Crippen LogP contribution is -2.22. The number of ether oxygens (including phenoxy) is 1. The van der Waals surface area contributed by atoms with Gasteiger partial charge in [0.25, 0.3) is 5.91 Å². The van der Waals surface area contributed by atoms with Gasteiger partial charge in [-0.05, 0) is 61.4 Å². The molecule has 0 aliphatic heterocycles. The molecule has 2 N–H and O–H groups in total. The second-order valence-corrected chi connectivity index (χ2v) is 7.49. The first-order chi connectivity index (χ1) is 13.9. The molecule has 0 saturated heterocycles. The maximum Gasteiger partial charge on any atom is 0.340 e. The summed E-state index contributed by atoms with van der Waals surface area (Å²) in [6, 6.07) is 20.4. The fourth-order valence-electron chi connectivity index (χ4n) is 2.94. The topological polar surface area (TPSA) is 67.4 Å². The van der Waals surface area contributed by atoms with Crippen molar-refractivity contribution < 1.29 is 14.3 Å². The molecule has 0 unspecified atom stereocenters. The normalized spacial score (nSPS) is 10.3. The van der Waals surface area contributed by atoms with E-state index in [1.165, 1.54) is 0 Å². The minimum absolute atomic E-state index is 0.361. The van der Waals surface area contributed by atoms with E-state index in [1.54, 1.807) is 18.2 Å². The number of hydrogen-bond donors (Lipinski definition) is 2. The Morgan fingerprint density at radius 2 is 1.55 bits per heavy atom. The Morgan fingerprint density at radius 1 is 0.931 bits per heavy atom. The smallest absolute Gasteiger partial charge is 0.340 e. The maximum absolute atomic E-state index is 12.5. The van der Waals surface area contributed by atoms with E-state index in [0.29, 0.717) is 11.3 Å². The van der Waals surface area contributed by atoms with E-state index in [1.807, 2.05) is 62.4 Å². The SMILES string of the molecule is Cc1cc(Br)cc(C)c1NC(=O)COC(=O)c1ccccc1Nc1ccccc1. The van der Waals surface area contributed by atoms with Crippen molar-refractivity contribution >= 4 is 44.9 Å². The molecule has 5 nitrogen and oxygen atoms in total. The number of carbonyl (C=O) groups excluding carboxylic acids is 2. The van der Waals surface area contributed by atoms with Gasteiger partial charge in [-0.25, -0.2) is 4.79 Å². The highest BCUT2D eigenvalue weighted by Gasteiger charge is 2.15. The van der Waals surface area contributed by atoms with Gasteiger partial charge in [-0.2, -0.15) is 0 Å². The standard InChI is InChI=1S/C23H21BrN2O3/c1-15-12-17(24)13-16(2)22(15)26-21(27)14-29-23(28)19-10-6-7-11-20(19)25-18-8-4-3-5-9-18/h3-13,25H,14H2,1-2H3,(H,26,27). The number of rotatable bonds is 6. The Hall–Kier alpha value is -3.12. The first kappa shape index (κ1) is 20.6. The van der Waals surface area contributed by atoms with E-state index in [2.05, 4.69) is 26.6 Å². The van der Waals surface area contributed by atoms with Gasteiger partial charge in [-0.15, -0.1) is 0 Å². The summed E-state index contributed by atoms with van der Waals surface area (Å²) in [5.41, 5.74) is 4.40. The summed E-state index contributed by atoms with van der Waals surface area (Å²) in [7, 11) is 0. The third-order valence-corrected chi connectivity index (χ3v) is 4.75. The van der Waals surface area contributed by atoms with Crippen LogP contribution in [0.2, 0.25) is 0 Å². The van der Waals surface area contributed by atoms with Crippen LogP contribution >= 0.6 is 15.9 Å². The van der Waals surface area contributed by atoms with E-state index in [-0.39, 0.29) is 12.5 Å². The van der Waals surface area contributed by atoms with Crippen molar-refractivity contribution in [3.8, 4) is 0 Å². The Morgan fingerprint density at radius 3 is 2.24 bits per heavy atom. The lowest BCUT2D eigenvalue weighted by atomic mass is 10.1. The van der Waals surface area contributed by atoms with Crippen molar-refractivity contribution in [3.05, 3.63) is 87.9 Å². The molecule has 29 heavy (non-hydrogen) atoms. The molecule has 0 fully saturated rings. The van der Waals surface area contributed by atoms with Crippen LogP contribution in [-0.2, 0) is 9.53 Å². The summed E-state index contributed by atoms with van der Waals surface area (Å²) < 4.78 is 6.19. The van der Waals surface area contributed by atoms with Crippen molar-refractivity contribution in [2.75, 3.05) is 17.2 Å². The summed E-state index contributed by atoms with van der Waals surface area (Å²) in [6.07, 6.45) is 0. The summed E-state index contributed by atoms with van der Waals surface area (Å²) in [4.78, 5) is 24.8. The van der Waals surface area contributed by atoms with Crippen molar-refractivity contribution in [2.24, 2.45) is 0 Å². The van der Waals surface area contributed by atoms with Crippen LogP contribution in [0.5, 0.6) is 0 Å². The monoisotopic (exact) mass is 452 g/mol. The zero-order valence-electron chi connectivity index (χ0n) is 16.2. The van der Waals surface area contributed by atoms with E-state index in [4.69, 9.17) is 4.74 Å². The molecule has 148 valence electrons. The van der Waals surface area contributed by atoms with Crippen LogP contribution in [0.25, 0.3) is 0 Å². The van der Waals surface area contributed by atoms with Crippen molar-refractivity contribution in [2.45, 2.75) is 13.8 Å². The number of esters is 1. The molecular formula is C23H21BrN2O3. The first-order valence-electron chi connectivity index (χ1n) is 9.09. The highest BCUT2D eigenvalue weighted by Crippen LogP contribution is 2.25. The fraction of sp³-hybridized carbons (Fsp3) is 0.130. The predicted molar refractivity (Wildman–Crippen MR) is 119 cm³/mol. The molecule has 0 aromatic heterocycles. The van der Waals surface area contributed by atoms with Gasteiger partial charge in [0.2, 0.25) is 0 Å². The van der Waals surface area contributed by atoms with Gasteiger partial charge < -0.3 is 15.4 Å². The van der Waals surface area contributed by atoms with Gasteiger partial charge in [0, 0.05) is 15.8 Å². The van der Waals surface area contributed by atoms with E-state index < -0.39 is 5.97 Å². The van der Waals surface area contributed by atoms with Crippen LogP contribution < -0.4 is 10.6 Å². The zero-order valence-corrected chi connectivity index (χ0v) is 17.7. The summed E-state index contributed by atoms with van der Waals surface area (Å²) >= 11 is 3.43. The molecule has 0 aliphatic carbocycles. The average Bonchev–Trinajstić information content (AvgIpc) is 2.70. The average molecular weight is 453 g/mol. The molecule has 0 atom stereocenters. The molecule has 3 aromatic rings. The number of para-hydroxylation sites is 2. The quantitative estimate of drug-likeness (QED) is 0.477. The molecular weight excluding hydrogens is 432 g/mol. The largest absolute Gasteiger partial charge is 0.452 e. The van der Waals surface area contributed by atoms with Crippen LogP contribution in [0.3, 0.4) is 0 Å². The lowest BCUT2D eigenvalue weighted by Gasteiger charge is -2.14. The van der Waals surface area contributed by atoms with E-state index in [9.17, 15) is 9.59 Å². The molecule has 0 radical (unpaired) electrons. The minimum atomic E-state index is -0.566. The molecule has 3 aromatic carbocycles. The van der Waals surface area contributed by atoms with Gasteiger partial charge in [0.1, 0.15) is 0 Å². The number of benzene rings is 3. The van der Waals surface area contributed by atoms with Crippen LogP contribution in [0, 0.1) is 13.8 Å². The predicted octanol–water partition coefficient (Wildman–Crippen LogP) is 5.61. The third-order valence-electron chi connectivity index (χ3n) is 4.30. The highest BCUT2D eigenvalue weighted by molar-refractivity contribution is 9.10. The lowest BCUT2D eigenvalue weighted by molar-refractivity contribution is -0.119. The molecule has 0 aliphatic rings. The number of nitrogens with one attached hydrogen (secondary N) is 2. The maximum atomic E-state index is 12.5. The van der Waals surface area contributed by atoms with Gasteiger partial charge in [0.05, 0.1) is 11.3 Å². The summed E-state index contributed by atoms with van der Waals surface area (Å²) in [5.74, 6) is -0.955. The van der Waals surface area contributed by atoms with Crippen molar-refractivity contribution in [3.63, 3.8) is 0 Å². The van der Waals surface area contributed by atoms with Crippen LogP contribution in [0.15, 0.2) is 71.2 Å². The number of halogens is 1. The summed E-state index contributed by atoms with van der Waals surface area (Å²) in [6.45, 7) is 3.45. The Bertz CT molecular complexity index is 1010. The van der Waals surface area contributed by atoms with Gasteiger partial charge >= 0.3 is 5.97 Å². The van der Waals surface area contributed by atoms with Crippen molar-refractivity contribution in [1.82, 2.24) is 0 Å². The second kappa shape index (κ2) is 9.39. The fourth-order valence-corrected chi connectivity index (χ4v) is 3.63. The molecule has 0 spiro atoms. The molecule has 0 heterocycles. The molecule has 6 heteroatoms. The number of carbonyl (C=O) groups is 2. The third kappa shape index (κ3) is 5.45. The van der Waals surface area contributed by atoms with E-state index >= 15 is 0 Å². The van der Waals surface area contributed by atoms with Crippen LogP contribution in [-0.4, -0.2) is 18.5 Å². The Balaban J connectivity index is 1.65. The molecule has 1 amide bonds. The van der Waals surface area contributed by atoms with Gasteiger partial charge in [0.15, 0.2) is 6.61 Å². The highest BCUT2D eigenvalue weighted by atomic mass is 79.9. The Kier molecular flexibility index (Phi) is 6.67. The minimum Gasteiger partial charge on any atom is -0.452 e. The number of hydrogen-bond acceptors (Lipinski definition) is 4. The number of aryl methyl sites for hydroxylation is 2. The second-order valence-electron chi connectivity index (χ2n) is 6.58. The van der Waals surface area contributed by atoms with Crippen LogP contribution in [0.1, 0.15) is 21.5 Å². The molecule has 3 rings (SSSR count). The van der Waals surface area contributed by atoms with Crippen molar-refractivity contribution in [1.29, 1.82) is 0 Å². The van der Waals surface area contributed by atoms with Gasteiger partial charge in [-0.1, -0.05) is 46.3 Å². The van der Waals surface area contributed by atoms with E-state index in [0.717, 1.165) is 27.0 Å². The molecule has 0 saturated carbocycles. The summed E-state index contributed by atoms with van der Waals surface area (Å²) in [5, 5.41) is 6.01. The van der Waals surface area contributed by atoms with Gasteiger partial charge in [-0.3, -0.25) is 4.79 Å². The zero-order chi connectivity index (χ0) is 20.8. The molecule has 0 bridgehead atoms. The van der Waals surface area contributed by atoms with Crippen LogP contribution in [0.4, 0.5) is 17.1 Å². The first-order valence-corrected chi connectivity index (χ1v) is 9.88. The number of anilines is 3. The number of amides is 1. The Labute approximate surface area is 178 Å².